The molecule has 1 atom stereocenters. The maximum atomic E-state index is 12.8. The van der Waals surface area contributed by atoms with E-state index in [1.165, 1.54) is 0 Å². The third kappa shape index (κ3) is 2.80. The van der Waals surface area contributed by atoms with Crippen LogP contribution in [0, 0.1) is 0 Å². The molecular formula is C17H17N5O2. The first-order valence-corrected chi connectivity index (χ1v) is 7.97. The van der Waals surface area contributed by atoms with Gasteiger partial charge in [-0.05, 0) is 31.0 Å². The summed E-state index contributed by atoms with van der Waals surface area (Å²) in [5, 5.41) is 8.18. The number of carbonyl (C=O) groups is 1. The molecule has 4 heterocycles. The first kappa shape index (κ1) is 14.6. The van der Waals surface area contributed by atoms with Crippen molar-refractivity contribution in [2.24, 2.45) is 0 Å². The van der Waals surface area contributed by atoms with Gasteiger partial charge in [0.2, 0.25) is 0 Å². The fraction of sp³-hybridized carbons (Fsp3) is 0.294. The van der Waals surface area contributed by atoms with Crippen LogP contribution in [0.1, 0.15) is 23.3 Å². The molecular weight excluding hydrogens is 306 g/mol. The highest BCUT2D eigenvalue weighted by atomic mass is 16.5. The molecule has 1 saturated heterocycles. The van der Waals surface area contributed by atoms with Crippen molar-refractivity contribution in [3.63, 3.8) is 0 Å². The number of carbonyl (C=O) groups excluding carboxylic acids is 1. The van der Waals surface area contributed by atoms with E-state index in [9.17, 15) is 4.79 Å². The largest absolute Gasteiger partial charge is 0.355 e. The van der Waals surface area contributed by atoms with Crippen LogP contribution < -0.4 is 0 Å². The van der Waals surface area contributed by atoms with Gasteiger partial charge in [0.1, 0.15) is 0 Å². The molecule has 0 radical (unpaired) electrons. The first-order valence-electron chi connectivity index (χ1n) is 7.97. The number of rotatable bonds is 4. The molecule has 1 fully saturated rings. The molecule has 1 amide bonds. The summed E-state index contributed by atoms with van der Waals surface area (Å²) >= 11 is 0. The monoisotopic (exact) mass is 323 g/mol. The molecule has 3 aromatic heterocycles. The van der Waals surface area contributed by atoms with E-state index in [0.717, 1.165) is 24.9 Å². The number of nitrogens with zero attached hydrogens (tertiary/aromatic N) is 5. The summed E-state index contributed by atoms with van der Waals surface area (Å²) in [6.45, 7) is 1.44. The number of amides is 1. The second-order valence-electron chi connectivity index (χ2n) is 5.84. The normalized spacial score (nSPS) is 17.3. The topological polar surface area (TPSA) is 77.0 Å². The van der Waals surface area contributed by atoms with E-state index >= 15 is 0 Å². The average Bonchev–Trinajstić information content (AvgIpc) is 3.37. The van der Waals surface area contributed by atoms with Crippen molar-refractivity contribution in [2.75, 3.05) is 6.54 Å². The molecule has 0 spiro atoms. The van der Waals surface area contributed by atoms with Crippen LogP contribution in [0.25, 0.3) is 11.3 Å². The maximum Gasteiger partial charge on any atom is 0.276 e. The molecule has 0 aromatic carbocycles. The van der Waals surface area contributed by atoms with Crippen LogP contribution in [-0.2, 0) is 6.54 Å². The van der Waals surface area contributed by atoms with Gasteiger partial charge in [-0.2, -0.15) is 5.10 Å². The van der Waals surface area contributed by atoms with Gasteiger partial charge in [-0.15, -0.1) is 0 Å². The predicted molar refractivity (Wildman–Crippen MR) is 86.0 cm³/mol. The van der Waals surface area contributed by atoms with E-state index in [-0.39, 0.29) is 11.9 Å². The van der Waals surface area contributed by atoms with Crippen molar-refractivity contribution >= 4 is 5.91 Å². The maximum absolute atomic E-state index is 12.8. The van der Waals surface area contributed by atoms with E-state index < -0.39 is 0 Å². The van der Waals surface area contributed by atoms with Crippen LogP contribution in [0.3, 0.4) is 0 Å². The molecule has 7 heteroatoms. The second kappa shape index (κ2) is 6.27. The number of pyridine rings is 1. The fourth-order valence-electron chi connectivity index (χ4n) is 3.08. The third-order valence-electron chi connectivity index (χ3n) is 4.27. The van der Waals surface area contributed by atoms with E-state index in [1.54, 1.807) is 24.7 Å². The quantitative estimate of drug-likeness (QED) is 0.736. The van der Waals surface area contributed by atoms with Gasteiger partial charge in [0.25, 0.3) is 5.91 Å². The molecule has 7 nitrogen and oxygen atoms in total. The highest BCUT2D eigenvalue weighted by molar-refractivity contribution is 5.93. The average molecular weight is 323 g/mol. The molecule has 24 heavy (non-hydrogen) atoms. The molecule has 0 bridgehead atoms. The third-order valence-corrected chi connectivity index (χ3v) is 4.27. The summed E-state index contributed by atoms with van der Waals surface area (Å²) in [5.74, 6) is 0.456. The Morgan fingerprint density at radius 1 is 1.33 bits per heavy atom. The second-order valence-corrected chi connectivity index (χ2v) is 5.84. The lowest BCUT2D eigenvalue weighted by Gasteiger charge is -2.23. The van der Waals surface area contributed by atoms with Gasteiger partial charge in [-0.1, -0.05) is 5.16 Å². The summed E-state index contributed by atoms with van der Waals surface area (Å²) < 4.78 is 7.18. The van der Waals surface area contributed by atoms with Crippen LogP contribution >= 0.6 is 0 Å². The molecule has 1 aliphatic rings. The van der Waals surface area contributed by atoms with E-state index in [1.807, 2.05) is 34.0 Å². The van der Waals surface area contributed by atoms with Crippen molar-refractivity contribution in [3.8, 4) is 11.3 Å². The zero-order valence-corrected chi connectivity index (χ0v) is 13.1. The van der Waals surface area contributed by atoms with Gasteiger partial charge in [0, 0.05) is 43.0 Å². The van der Waals surface area contributed by atoms with Gasteiger partial charge >= 0.3 is 0 Å². The zero-order valence-electron chi connectivity index (χ0n) is 13.1. The van der Waals surface area contributed by atoms with Gasteiger partial charge in [0.05, 0.1) is 12.6 Å². The number of hydrogen-bond donors (Lipinski definition) is 0. The van der Waals surface area contributed by atoms with Gasteiger partial charge in [0.15, 0.2) is 11.5 Å². The number of likely N-dealkylation sites (tertiary alicyclic amines) is 1. The molecule has 1 unspecified atom stereocenters. The highest BCUT2D eigenvalue weighted by Crippen LogP contribution is 2.24. The molecule has 0 N–H and O–H groups in total. The summed E-state index contributed by atoms with van der Waals surface area (Å²) in [5.41, 5.74) is 1.14. The van der Waals surface area contributed by atoms with Crippen LogP contribution in [-0.4, -0.2) is 43.3 Å². The molecule has 0 aliphatic carbocycles. The van der Waals surface area contributed by atoms with Crippen LogP contribution in [0.2, 0.25) is 0 Å². The van der Waals surface area contributed by atoms with E-state index in [2.05, 4.69) is 15.2 Å². The number of hydrogen-bond acceptors (Lipinski definition) is 5. The van der Waals surface area contributed by atoms with E-state index in [0.29, 0.717) is 18.0 Å². The number of aromatic nitrogens is 4. The Morgan fingerprint density at radius 2 is 2.29 bits per heavy atom. The van der Waals surface area contributed by atoms with E-state index in [4.69, 9.17) is 4.52 Å². The van der Waals surface area contributed by atoms with Gasteiger partial charge < -0.3 is 9.42 Å². The Balaban J connectivity index is 1.52. The Bertz CT molecular complexity index is 813. The molecule has 3 aromatic rings. The van der Waals surface area contributed by atoms with Crippen LogP contribution in [0.4, 0.5) is 0 Å². The predicted octanol–water partition coefficient (Wildman–Crippen LogP) is 2.24. The Kier molecular flexibility index (Phi) is 3.82. The summed E-state index contributed by atoms with van der Waals surface area (Å²) in [6, 6.07) is 7.40. The van der Waals surface area contributed by atoms with Crippen molar-refractivity contribution in [3.05, 3.63) is 54.7 Å². The summed E-state index contributed by atoms with van der Waals surface area (Å²) in [4.78, 5) is 18.7. The molecule has 1 aliphatic heterocycles. The smallest absolute Gasteiger partial charge is 0.276 e. The minimum atomic E-state index is -0.0939. The van der Waals surface area contributed by atoms with Crippen molar-refractivity contribution in [2.45, 2.75) is 25.4 Å². The Hall–Kier alpha value is -2.96. The summed E-state index contributed by atoms with van der Waals surface area (Å²) in [7, 11) is 0. The molecule has 4 rings (SSSR count). The minimum absolute atomic E-state index is 0.0939. The lowest BCUT2D eigenvalue weighted by atomic mass is 10.2. The highest BCUT2D eigenvalue weighted by Gasteiger charge is 2.31. The standard InChI is InChI=1S/C17H17N5O2/c23-17(15-10-16(24-20-15)13-4-1-6-18-11-13)22-9-2-5-14(22)12-21-8-3-7-19-21/h1,3-4,6-8,10-11,14H,2,5,9,12H2. The van der Waals surface area contributed by atoms with Crippen LogP contribution in [0.15, 0.2) is 53.6 Å². The summed E-state index contributed by atoms with van der Waals surface area (Å²) in [6.07, 6.45) is 9.00. The first-order chi connectivity index (χ1) is 11.8. The van der Waals surface area contributed by atoms with Crippen LogP contribution in [0.5, 0.6) is 0 Å². The van der Waals surface area contributed by atoms with Crippen molar-refractivity contribution < 1.29 is 9.32 Å². The Labute approximate surface area is 138 Å². The molecule has 0 saturated carbocycles. The van der Waals surface area contributed by atoms with Gasteiger partial charge in [-0.3, -0.25) is 14.5 Å². The lowest BCUT2D eigenvalue weighted by Crippen LogP contribution is -2.38. The van der Waals surface area contributed by atoms with Gasteiger partial charge in [-0.25, -0.2) is 0 Å². The lowest BCUT2D eigenvalue weighted by molar-refractivity contribution is 0.0711. The minimum Gasteiger partial charge on any atom is -0.355 e. The van der Waals surface area contributed by atoms with Crippen molar-refractivity contribution in [1.29, 1.82) is 0 Å². The van der Waals surface area contributed by atoms with Crippen molar-refractivity contribution in [1.82, 2.24) is 24.8 Å². The molecule has 122 valence electrons. The SMILES string of the molecule is O=C(c1cc(-c2cccnc2)on1)N1CCCC1Cn1cccn1. The Morgan fingerprint density at radius 3 is 3.08 bits per heavy atom. The zero-order chi connectivity index (χ0) is 16.4. The fourth-order valence-corrected chi connectivity index (χ4v) is 3.08.